The Hall–Kier alpha value is -1.64. The average molecular weight is 453 g/mol. The molecule has 0 N–H and O–H groups in total. The minimum atomic E-state index is -0.220. The molecule has 33 heavy (non-hydrogen) atoms. The molecule has 0 bridgehead atoms. The predicted octanol–water partition coefficient (Wildman–Crippen LogP) is 7.22. The minimum Gasteiger partial charge on any atom is -0.462 e. The molecule has 4 rings (SSSR count). The van der Waals surface area contributed by atoms with Crippen molar-refractivity contribution in [3.63, 3.8) is 0 Å². The Balaban J connectivity index is 1.58. The van der Waals surface area contributed by atoms with Crippen LogP contribution in [-0.4, -0.2) is 17.9 Å². The highest BCUT2D eigenvalue weighted by atomic mass is 16.5. The fraction of sp³-hybridized carbons (Fsp3) is 0.733. The van der Waals surface area contributed by atoms with Gasteiger partial charge in [0, 0.05) is 24.3 Å². The molecule has 3 nitrogen and oxygen atoms in total. The molecule has 2 saturated carbocycles. The van der Waals surface area contributed by atoms with E-state index in [1.165, 1.54) is 30.9 Å². The van der Waals surface area contributed by atoms with E-state index in [4.69, 9.17) is 4.74 Å². The smallest absolute Gasteiger partial charge is 0.302 e. The third kappa shape index (κ3) is 4.19. The summed E-state index contributed by atoms with van der Waals surface area (Å²) >= 11 is 0. The number of carbonyl (C=O) groups is 2. The Bertz CT molecular complexity index is 906. The fourth-order valence-corrected chi connectivity index (χ4v) is 7.62. The first kappa shape index (κ1) is 24.5. The van der Waals surface area contributed by atoms with Crippen molar-refractivity contribution in [3.8, 4) is 0 Å². The highest BCUT2D eigenvalue weighted by molar-refractivity contribution is 6.07. The molecule has 0 amide bonds. The van der Waals surface area contributed by atoms with Crippen LogP contribution in [0.25, 0.3) is 0 Å². The summed E-state index contributed by atoms with van der Waals surface area (Å²) in [5.41, 5.74) is 3.95. The summed E-state index contributed by atoms with van der Waals surface area (Å²) in [6.45, 7) is 15.6. The van der Waals surface area contributed by atoms with Crippen LogP contribution in [0, 0.1) is 40.4 Å². The van der Waals surface area contributed by atoms with Crippen LogP contribution in [0.2, 0.25) is 0 Å². The van der Waals surface area contributed by atoms with Gasteiger partial charge in [0.15, 0.2) is 5.78 Å². The molecule has 4 aliphatic rings. The van der Waals surface area contributed by atoms with E-state index in [0.717, 1.165) is 31.3 Å². The van der Waals surface area contributed by atoms with E-state index in [2.05, 4.69) is 53.7 Å². The van der Waals surface area contributed by atoms with Gasteiger partial charge in [-0.3, -0.25) is 9.59 Å². The van der Waals surface area contributed by atoms with Crippen LogP contribution in [0.5, 0.6) is 0 Å². The summed E-state index contributed by atoms with van der Waals surface area (Å²) < 4.78 is 5.52. The first-order valence-corrected chi connectivity index (χ1v) is 13.3. The molecule has 7 atom stereocenters. The van der Waals surface area contributed by atoms with Crippen molar-refractivity contribution in [3.05, 3.63) is 34.9 Å². The predicted molar refractivity (Wildman–Crippen MR) is 133 cm³/mol. The van der Waals surface area contributed by atoms with Gasteiger partial charge in [0.25, 0.3) is 0 Å². The van der Waals surface area contributed by atoms with Crippen LogP contribution >= 0.6 is 0 Å². The highest BCUT2D eigenvalue weighted by Gasteiger charge is 2.56. The first-order valence-electron chi connectivity index (χ1n) is 13.3. The lowest BCUT2D eigenvalue weighted by molar-refractivity contribution is -0.147. The molecular weight excluding hydrogens is 408 g/mol. The molecule has 2 fully saturated rings. The maximum atomic E-state index is 13.5. The molecule has 0 saturated heterocycles. The second-order valence-corrected chi connectivity index (χ2v) is 12.3. The van der Waals surface area contributed by atoms with Gasteiger partial charge in [0.1, 0.15) is 6.10 Å². The molecule has 4 aliphatic carbocycles. The number of esters is 1. The number of hydrogen-bond acceptors (Lipinski definition) is 3. The van der Waals surface area contributed by atoms with Crippen LogP contribution in [0.1, 0.15) is 93.4 Å². The van der Waals surface area contributed by atoms with Crippen molar-refractivity contribution in [2.45, 2.75) is 99.5 Å². The second kappa shape index (κ2) is 8.86. The van der Waals surface area contributed by atoms with Gasteiger partial charge in [0.05, 0.1) is 0 Å². The number of hydrogen-bond donors (Lipinski definition) is 0. The largest absolute Gasteiger partial charge is 0.462 e. The van der Waals surface area contributed by atoms with E-state index in [1.54, 1.807) is 0 Å². The Labute approximate surface area is 201 Å². The fourth-order valence-electron chi connectivity index (χ4n) is 7.62. The average Bonchev–Trinajstić information content (AvgIpc) is 3.09. The van der Waals surface area contributed by atoms with Gasteiger partial charge in [-0.15, -0.1) is 0 Å². The van der Waals surface area contributed by atoms with Gasteiger partial charge in [-0.25, -0.2) is 0 Å². The molecular formula is C30H44O3. The monoisotopic (exact) mass is 452 g/mol. The third-order valence-electron chi connectivity index (χ3n) is 10.1. The van der Waals surface area contributed by atoms with E-state index < -0.39 is 0 Å². The topological polar surface area (TPSA) is 43.4 Å². The van der Waals surface area contributed by atoms with Crippen molar-refractivity contribution in [1.29, 1.82) is 0 Å². The van der Waals surface area contributed by atoms with E-state index in [-0.39, 0.29) is 28.7 Å². The summed E-state index contributed by atoms with van der Waals surface area (Å²) in [5, 5.41) is 0. The van der Waals surface area contributed by atoms with Gasteiger partial charge >= 0.3 is 5.97 Å². The van der Waals surface area contributed by atoms with E-state index in [1.807, 2.05) is 6.08 Å². The molecule has 0 aromatic carbocycles. The van der Waals surface area contributed by atoms with Gasteiger partial charge in [-0.05, 0) is 79.6 Å². The number of rotatable bonds is 5. The number of ether oxygens (including phenoxy) is 1. The first-order chi connectivity index (χ1) is 15.5. The standard InChI is InChI=1S/C30H44O3/c1-18(2)19(3)8-9-20(4)24-10-11-25-28-26(13-15-30(24,25)7)29(6)14-12-23(33-21(5)31)16-22(29)17-27(28)32/h8-9,17-20,23-25H,10-16H2,1-7H3/t19-,20+,23?,24+,25-,29-,30+/m0/s1. The van der Waals surface area contributed by atoms with Gasteiger partial charge < -0.3 is 4.74 Å². The maximum Gasteiger partial charge on any atom is 0.302 e. The van der Waals surface area contributed by atoms with E-state index in [9.17, 15) is 9.59 Å². The lowest BCUT2D eigenvalue weighted by Crippen LogP contribution is -2.44. The van der Waals surface area contributed by atoms with E-state index >= 15 is 0 Å². The number of fused-ring (bicyclic) bond motifs is 4. The van der Waals surface area contributed by atoms with Crippen molar-refractivity contribution in [2.75, 3.05) is 0 Å². The van der Waals surface area contributed by atoms with Crippen LogP contribution in [0.3, 0.4) is 0 Å². The van der Waals surface area contributed by atoms with Crippen molar-refractivity contribution < 1.29 is 14.3 Å². The zero-order valence-electron chi connectivity index (χ0n) is 21.9. The molecule has 3 heteroatoms. The molecule has 0 radical (unpaired) electrons. The number of ketones is 1. The van der Waals surface area contributed by atoms with Crippen molar-refractivity contribution in [2.24, 2.45) is 40.4 Å². The Morgan fingerprint density at radius 3 is 2.48 bits per heavy atom. The zero-order valence-corrected chi connectivity index (χ0v) is 21.9. The van der Waals surface area contributed by atoms with E-state index in [0.29, 0.717) is 36.0 Å². The van der Waals surface area contributed by atoms with Crippen LogP contribution in [-0.2, 0) is 14.3 Å². The molecule has 0 aliphatic heterocycles. The molecule has 0 aromatic rings. The van der Waals surface area contributed by atoms with Gasteiger partial charge in [0.2, 0.25) is 0 Å². The normalized spacial score (nSPS) is 38.0. The third-order valence-corrected chi connectivity index (χ3v) is 10.1. The molecule has 182 valence electrons. The molecule has 0 aromatic heterocycles. The summed E-state index contributed by atoms with van der Waals surface area (Å²) in [6.07, 6.45) is 13.9. The molecule has 0 heterocycles. The number of carbonyl (C=O) groups excluding carboxylic acids is 2. The molecule has 0 spiro atoms. The van der Waals surface area contributed by atoms with Crippen molar-refractivity contribution >= 4 is 11.8 Å². The summed E-state index contributed by atoms with van der Waals surface area (Å²) in [4.78, 5) is 25.0. The maximum absolute atomic E-state index is 13.5. The summed E-state index contributed by atoms with van der Waals surface area (Å²) in [7, 11) is 0. The Morgan fingerprint density at radius 1 is 1.09 bits per heavy atom. The Morgan fingerprint density at radius 2 is 1.82 bits per heavy atom. The minimum absolute atomic E-state index is 0.0302. The zero-order chi connectivity index (χ0) is 24.1. The highest BCUT2D eigenvalue weighted by Crippen LogP contribution is 2.64. The van der Waals surface area contributed by atoms with Gasteiger partial charge in [-0.1, -0.05) is 64.8 Å². The van der Waals surface area contributed by atoms with Crippen LogP contribution in [0.4, 0.5) is 0 Å². The van der Waals surface area contributed by atoms with Gasteiger partial charge in [-0.2, -0.15) is 0 Å². The van der Waals surface area contributed by atoms with Crippen LogP contribution < -0.4 is 0 Å². The van der Waals surface area contributed by atoms with Crippen molar-refractivity contribution in [1.82, 2.24) is 0 Å². The van der Waals surface area contributed by atoms with Crippen LogP contribution in [0.15, 0.2) is 34.9 Å². The summed E-state index contributed by atoms with van der Waals surface area (Å²) in [5.74, 6) is 2.86. The SMILES string of the molecule is CC(=O)OC1CC[C@@]2(C)C(=CC(=O)C3=C2CC[C@]2(C)[C@@H]([C@H](C)C=C[C@H](C)C(C)C)CC[C@@H]32)C1. The lowest BCUT2D eigenvalue weighted by Gasteiger charge is -2.51. The number of allylic oxidation sites excluding steroid dienone is 5. The lowest BCUT2D eigenvalue weighted by atomic mass is 9.53. The molecule has 1 unspecified atom stereocenters. The Kier molecular flexibility index (Phi) is 6.57. The summed E-state index contributed by atoms with van der Waals surface area (Å²) in [6, 6.07) is 0. The quantitative estimate of drug-likeness (QED) is 0.326. The second-order valence-electron chi connectivity index (χ2n) is 12.3.